The van der Waals surface area contributed by atoms with Gasteiger partial charge < -0.3 is 24.9 Å². The highest BCUT2D eigenvalue weighted by molar-refractivity contribution is 7.52. The number of nitrogens with one attached hydrogen (secondary N) is 2. The number of carbonyl (C=O) groups excluding carboxylic acids is 1. The van der Waals surface area contributed by atoms with E-state index in [0.717, 1.165) is 25.7 Å². The second kappa shape index (κ2) is 10.9. The Morgan fingerprint density at radius 1 is 1.18 bits per heavy atom. The van der Waals surface area contributed by atoms with Crippen molar-refractivity contribution >= 4 is 36.6 Å². The first kappa shape index (κ1) is 26.4. The molecule has 2 atom stereocenters. The molecule has 0 spiro atoms. The first-order chi connectivity index (χ1) is 18.2. The molecule has 2 aliphatic rings. The quantitative estimate of drug-likeness (QED) is 0.224. The van der Waals surface area contributed by atoms with Crippen molar-refractivity contribution in [3.8, 4) is 5.75 Å². The highest BCUT2D eigenvalue weighted by atomic mass is 31.2. The number of fused-ring (bicyclic) bond motifs is 1. The number of carbonyl (C=O) groups is 1. The Hall–Kier alpha value is -3.21. The van der Waals surface area contributed by atoms with Gasteiger partial charge in [0, 0.05) is 12.1 Å². The fraction of sp³-hybridized carbons (Fsp3) is 0.520. The minimum absolute atomic E-state index is 0.133. The number of nitrogens with two attached hydrogens (primary N) is 1. The lowest BCUT2D eigenvalue weighted by atomic mass is 9.81. The molecule has 0 radical (unpaired) electrons. The molecule has 0 saturated heterocycles. The molecule has 1 aromatic carbocycles. The molecular formula is C25H34N7O5P. The van der Waals surface area contributed by atoms with Gasteiger partial charge in [-0.3, -0.25) is 9.32 Å². The molecule has 0 amide bonds. The van der Waals surface area contributed by atoms with Gasteiger partial charge in [0.2, 0.25) is 5.95 Å². The van der Waals surface area contributed by atoms with Crippen molar-refractivity contribution < 1.29 is 23.1 Å². The standard InChI is InChI=1S/C25H34N7O5P/c1-15(2)36-24(33)16(3)31-38(34,37-20-7-5-4-6-8-20)35-13-17-11-19(12-17)32-14-27-21-22(28-18-9-10-18)29-25(26)30-23(21)32/h4-8,14-19H,9-13H2,1-3H3,(H,31,34)(H3,26,28,29,30)/t16-,17-,19+,38?/m0/s1. The van der Waals surface area contributed by atoms with Crippen LogP contribution >= 0.6 is 7.75 Å². The molecule has 2 heterocycles. The molecule has 0 bridgehead atoms. The first-order valence-corrected chi connectivity index (χ1v) is 14.5. The van der Waals surface area contributed by atoms with E-state index in [1.54, 1.807) is 51.4 Å². The number of anilines is 2. The van der Waals surface area contributed by atoms with Crippen LogP contribution in [0.15, 0.2) is 36.7 Å². The van der Waals surface area contributed by atoms with E-state index in [2.05, 4.69) is 25.4 Å². The molecule has 13 heteroatoms. The monoisotopic (exact) mass is 543 g/mol. The van der Waals surface area contributed by atoms with Crippen molar-refractivity contribution in [3.63, 3.8) is 0 Å². The van der Waals surface area contributed by atoms with E-state index in [1.165, 1.54) is 0 Å². The Morgan fingerprint density at radius 2 is 1.92 bits per heavy atom. The Labute approximate surface area is 221 Å². The summed E-state index contributed by atoms with van der Waals surface area (Å²) in [7, 11) is -3.88. The number of ether oxygens (including phenoxy) is 1. The molecule has 2 aliphatic carbocycles. The van der Waals surface area contributed by atoms with Gasteiger partial charge >= 0.3 is 13.7 Å². The van der Waals surface area contributed by atoms with Crippen LogP contribution in [0.5, 0.6) is 5.75 Å². The SMILES string of the molecule is CC(C)OC(=O)[C@H](C)NP(=O)(OC[C@H]1C[C@@H](n2cnc3c(NC4CC4)nc(N)nc32)C1)Oc1ccccc1. The Kier molecular flexibility index (Phi) is 7.56. The van der Waals surface area contributed by atoms with E-state index in [-0.39, 0.29) is 30.6 Å². The van der Waals surface area contributed by atoms with E-state index in [4.69, 9.17) is 19.5 Å². The van der Waals surface area contributed by atoms with Gasteiger partial charge in [0.25, 0.3) is 0 Å². The number of imidazole rings is 1. The molecule has 1 unspecified atom stereocenters. The Bertz CT molecular complexity index is 1320. The van der Waals surface area contributed by atoms with Crippen molar-refractivity contribution in [2.75, 3.05) is 17.7 Å². The van der Waals surface area contributed by atoms with Gasteiger partial charge in [-0.05, 0) is 64.5 Å². The van der Waals surface area contributed by atoms with E-state index in [1.807, 2.05) is 10.6 Å². The van der Waals surface area contributed by atoms with Gasteiger partial charge in [-0.2, -0.15) is 15.1 Å². The minimum Gasteiger partial charge on any atom is -0.462 e. The molecule has 2 saturated carbocycles. The topological polar surface area (TPSA) is 156 Å². The van der Waals surface area contributed by atoms with E-state index < -0.39 is 19.8 Å². The van der Waals surface area contributed by atoms with Gasteiger partial charge in [0.15, 0.2) is 17.0 Å². The number of hydrogen-bond donors (Lipinski definition) is 3. The predicted octanol–water partition coefficient (Wildman–Crippen LogP) is 4.07. The third-order valence-electron chi connectivity index (χ3n) is 6.47. The fourth-order valence-electron chi connectivity index (χ4n) is 4.32. The molecule has 2 fully saturated rings. The molecule has 204 valence electrons. The molecule has 4 N–H and O–H groups in total. The number of hydrogen-bond acceptors (Lipinski definition) is 10. The van der Waals surface area contributed by atoms with Crippen molar-refractivity contribution in [1.29, 1.82) is 0 Å². The summed E-state index contributed by atoms with van der Waals surface area (Å²) in [5, 5.41) is 6.11. The average Bonchev–Trinajstić information content (AvgIpc) is 3.55. The number of nitrogen functional groups attached to an aromatic ring is 1. The largest absolute Gasteiger partial charge is 0.462 e. The summed E-state index contributed by atoms with van der Waals surface area (Å²) in [6.45, 7) is 5.27. The zero-order valence-corrected chi connectivity index (χ0v) is 22.6. The maximum atomic E-state index is 13.7. The third kappa shape index (κ3) is 6.25. The van der Waals surface area contributed by atoms with Gasteiger partial charge in [-0.1, -0.05) is 18.2 Å². The van der Waals surface area contributed by atoms with Crippen LogP contribution in [0.4, 0.5) is 11.8 Å². The van der Waals surface area contributed by atoms with Crippen LogP contribution in [0.25, 0.3) is 11.2 Å². The van der Waals surface area contributed by atoms with Crippen LogP contribution in [-0.2, 0) is 18.6 Å². The molecular weight excluding hydrogens is 509 g/mol. The van der Waals surface area contributed by atoms with Crippen molar-refractivity contribution in [1.82, 2.24) is 24.6 Å². The summed E-state index contributed by atoms with van der Waals surface area (Å²) in [6.07, 6.45) is 5.25. The third-order valence-corrected chi connectivity index (χ3v) is 8.11. The summed E-state index contributed by atoms with van der Waals surface area (Å²) in [6, 6.07) is 8.40. The van der Waals surface area contributed by atoms with Gasteiger partial charge in [0.1, 0.15) is 11.8 Å². The lowest BCUT2D eigenvalue weighted by molar-refractivity contribution is -0.149. The highest BCUT2D eigenvalue weighted by Gasteiger charge is 2.37. The molecule has 3 aromatic rings. The maximum Gasteiger partial charge on any atom is 0.459 e. The summed E-state index contributed by atoms with van der Waals surface area (Å²) in [5.41, 5.74) is 7.38. The fourth-order valence-corrected chi connectivity index (χ4v) is 5.89. The average molecular weight is 544 g/mol. The predicted molar refractivity (Wildman–Crippen MR) is 143 cm³/mol. The second-order valence-corrected chi connectivity index (χ2v) is 11.9. The van der Waals surface area contributed by atoms with Crippen molar-refractivity contribution in [2.24, 2.45) is 5.92 Å². The smallest absolute Gasteiger partial charge is 0.459 e. The lowest BCUT2D eigenvalue weighted by Gasteiger charge is -2.36. The van der Waals surface area contributed by atoms with E-state index in [0.29, 0.717) is 28.8 Å². The number of para-hydroxylation sites is 1. The zero-order valence-electron chi connectivity index (χ0n) is 21.7. The summed E-state index contributed by atoms with van der Waals surface area (Å²) < 4.78 is 32.5. The van der Waals surface area contributed by atoms with Crippen LogP contribution in [0.1, 0.15) is 52.5 Å². The lowest BCUT2D eigenvalue weighted by Crippen LogP contribution is -2.37. The van der Waals surface area contributed by atoms with Crippen molar-refractivity contribution in [3.05, 3.63) is 36.7 Å². The summed E-state index contributed by atoms with van der Waals surface area (Å²) in [4.78, 5) is 25.6. The molecule has 38 heavy (non-hydrogen) atoms. The van der Waals surface area contributed by atoms with Crippen LogP contribution in [0, 0.1) is 5.92 Å². The number of nitrogens with zero attached hydrogens (tertiary/aromatic N) is 4. The van der Waals surface area contributed by atoms with E-state index >= 15 is 0 Å². The van der Waals surface area contributed by atoms with Crippen LogP contribution in [0.3, 0.4) is 0 Å². The van der Waals surface area contributed by atoms with Gasteiger partial charge in [0.05, 0.1) is 19.0 Å². The van der Waals surface area contributed by atoms with E-state index in [9.17, 15) is 9.36 Å². The second-order valence-electron chi connectivity index (χ2n) is 10.2. The van der Waals surface area contributed by atoms with Gasteiger partial charge in [-0.25, -0.2) is 9.55 Å². The summed E-state index contributed by atoms with van der Waals surface area (Å²) >= 11 is 0. The van der Waals surface area contributed by atoms with Gasteiger partial charge in [-0.15, -0.1) is 0 Å². The van der Waals surface area contributed by atoms with Crippen molar-refractivity contribution in [2.45, 2.75) is 70.7 Å². The highest BCUT2D eigenvalue weighted by Crippen LogP contribution is 2.48. The summed E-state index contributed by atoms with van der Waals surface area (Å²) in [5.74, 6) is 0.845. The first-order valence-electron chi connectivity index (χ1n) is 12.9. The maximum absolute atomic E-state index is 13.7. The Balaban J connectivity index is 1.23. The molecule has 5 rings (SSSR count). The minimum atomic E-state index is -3.88. The molecule has 2 aromatic heterocycles. The number of esters is 1. The number of aromatic nitrogens is 4. The molecule has 12 nitrogen and oxygen atoms in total. The van der Waals surface area contributed by atoms with Crippen LogP contribution in [0.2, 0.25) is 0 Å². The molecule has 0 aliphatic heterocycles. The number of benzene rings is 1. The normalized spacial score (nSPS) is 21.5. The van der Waals surface area contributed by atoms with Crippen LogP contribution in [-0.4, -0.2) is 50.3 Å². The van der Waals surface area contributed by atoms with Crippen LogP contribution < -0.4 is 20.7 Å². The Morgan fingerprint density at radius 3 is 2.61 bits per heavy atom. The zero-order chi connectivity index (χ0) is 26.9. The number of rotatable bonds is 12.